The zero-order valence-electron chi connectivity index (χ0n) is 29.6. The predicted octanol–water partition coefficient (Wildman–Crippen LogP) is 13.7. The summed E-state index contributed by atoms with van der Waals surface area (Å²) < 4.78 is 12.4. The van der Waals surface area contributed by atoms with E-state index in [1.807, 2.05) is 12.1 Å². The van der Waals surface area contributed by atoms with E-state index in [2.05, 4.69) is 161 Å². The maximum absolute atomic E-state index is 12.4. The van der Waals surface area contributed by atoms with E-state index in [4.69, 9.17) is 0 Å². The molecule has 2 atom stereocenters. The lowest BCUT2D eigenvalue weighted by atomic mass is 9.90. The Labute approximate surface area is 278 Å². The van der Waals surface area contributed by atoms with Crippen molar-refractivity contribution >= 4 is 0 Å². The summed E-state index contributed by atoms with van der Waals surface area (Å²) in [5, 5.41) is 0. The molecule has 0 aromatic heterocycles. The van der Waals surface area contributed by atoms with Crippen LogP contribution in [0, 0.1) is 36.4 Å². The van der Waals surface area contributed by atoms with Crippen molar-refractivity contribution in [3.8, 4) is 0 Å². The van der Waals surface area contributed by atoms with Crippen molar-refractivity contribution in [2.75, 3.05) is 0 Å². The second-order valence-electron chi connectivity index (χ2n) is 13.7. The molecule has 0 N–H and O–H groups in total. The third kappa shape index (κ3) is 19.0. The number of benzene rings is 4. The molecule has 4 aromatic rings. The van der Waals surface area contributed by atoms with Crippen molar-refractivity contribution in [2.45, 2.75) is 108 Å². The molecule has 0 saturated heterocycles. The van der Waals surface area contributed by atoms with Crippen molar-refractivity contribution < 1.29 is 4.39 Å². The van der Waals surface area contributed by atoms with Crippen LogP contribution in [0.3, 0.4) is 0 Å². The summed E-state index contributed by atoms with van der Waals surface area (Å²) in [6, 6.07) is 36.8. The first-order valence-electron chi connectivity index (χ1n) is 16.7. The molecule has 0 aliphatic rings. The number of aryl methyl sites for hydroxylation is 1. The maximum Gasteiger partial charge on any atom is 0.123 e. The standard InChI is InChI=1S/C12H18.C11H16.C10H13F.C10H14.CH4/c1-9(2)11(4)12-7-5-10(3)6-8-12;1-9(2)10(3)11-7-5-4-6-8-11;1-8(2)7-9-3-5-10(11)6-4-9;1-9(2)8-10-6-4-3-5-7-10;/h5-9,11H,1-4H3;4-10H,1-3H3;3-6,8H,7H2,1-2H3;3-7,9H,8H2,1-2H3;1H4. The molecular weight excluding hydrogens is 547 g/mol. The van der Waals surface area contributed by atoms with Crippen molar-refractivity contribution in [1.29, 1.82) is 0 Å². The molecule has 0 aliphatic carbocycles. The highest BCUT2D eigenvalue weighted by Gasteiger charge is 2.09. The molecule has 0 bridgehead atoms. The van der Waals surface area contributed by atoms with E-state index in [-0.39, 0.29) is 13.2 Å². The van der Waals surface area contributed by atoms with Crippen LogP contribution >= 0.6 is 0 Å². The van der Waals surface area contributed by atoms with Gasteiger partial charge in [-0.05, 0) is 89.7 Å². The summed E-state index contributed by atoms with van der Waals surface area (Å²) in [5.74, 6) is 4.06. The van der Waals surface area contributed by atoms with E-state index in [9.17, 15) is 4.39 Å². The third-order valence-electron chi connectivity index (χ3n) is 7.97. The van der Waals surface area contributed by atoms with Crippen LogP contribution in [0.4, 0.5) is 4.39 Å². The Kier molecular flexibility index (Phi) is 21.5. The van der Waals surface area contributed by atoms with Gasteiger partial charge in [-0.2, -0.15) is 0 Å². The number of hydrogen-bond donors (Lipinski definition) is 0. The normalized spacial score (nSPS) is 11.7. The molecule has 0 nitrogen and oxygen atoms in total. The van der Waals surface area contributed by atoms with Crippen LogP contribution in [0.2, 0.25) is 0 Å². The third-order valence-corrected chi connectivity index (χ3v) is 7.97. The van der Waals surface area contributed by atoms with Gasteiger partial charge in [0.1, 0.15) is 5.82 Å². The average molecular weight is 613 g/mol. The molecular formula is C44H65F. The Morgan fingerprint density at radius 1 is 0.444 bits per heavy atom. The van der Waals surface area contributed by atoms with Gasteiger partial charge < -0.3 is 0 Å². The monoisotopic (exact) mass is 613 g/mol. The largest absolute Gasteiger partial charge is 0.207 e. The van der Waals surface area contributed by atoms with E-state index in [0.29, 0.717) is 17.8 Å². The summed E-state index contributed by atoms with van der Waals surface area (Å²) in [4.78, 5) is 0. The number of hydrogen-bond acceptors (Lipinski definition) is 0. The maximum atomic E-state index is 12.4. The minimum Gasteiger partial charge on any atom is -0.207 e. The highest BCUT2D eigenvalue weighted by molar-refractivity contribution is 5.24. The van der Waals surface area contributed by atoms with Gasteiger partial charge in [-0.25, -0.2) is 4.39 Å². The van der Waals surface area contributed by atoms with E-state index < -0.39 is 0 Å². The van der Waals surface area contributed by atoms with Crippen molar-refractivity contribution in [3.05, 3.63) is 143 Å². The van der Waals surface area contributed by atoms with Crippen LogP contribution < -0.4 is 0 Å². The fraction of sp³-hybridized carbons (Fsp3) is 0.455. The summed E-state index contributed by atoms with van der Waals surface area (Å²) >= 11 is 0. The zero-order chi connectivity index (χ0) is 33.1. The molecule has 0 saturated carbocycles. The molecule has 0 amide bonds. The van der Waals surface area contributed by atoms with Gasteiger partial charge >= 0.3 is 0 Å². The van der Waals surface area contributed by atoms with Crippen LogP contribution in [0.1, 0.15) is 116 Å². The molecule has 2 unspecified atom stereocenters. The zero-order valence-corrected chi connectivity index (χ0v) is 29.6. The summed E-state index contributed by atoms with van der Waals surface area (Å²) in [6.07, 6.45) is 2.22. The van der Waals surface area contributed by atoms with Crippen LogP contribution in [0.25, 0.3) is 0 Å². The van der Waals surface area contributed by atoms with Gasteiger partial charge in [-0.3, -0.25) is 0 Å². The van der Waals surface area contributed by atoms with Gasteiger partial charge in [-0.1, -0.05) is 179 Å². The fourth-order valence-corrected chi connectivity index (χ4v) is 4.57. The van der Waals surface area contributed by atoms with E-state index in [1.165, 1.54) is 46.4 Å². The molecule has 1 heteroatoms. The second kappa shape index (κ2) is 23.2. The molecule has 0 heterocycles. The summed E-state index contributed by atoms with van der Waals surface area (Å²) in [7, 11) is 0. The molecule has 0 spiro atoms. The minimum atomic E-state index is -0.155. The lowest BCUT2D eigenvalue weighted by Crippen LogP contribution is -2.01. The Morgan fingerprint density at radius 2 is 0.800 bits per heavy atom. The van der Waals surface area contributed by atoms with Crippen LogP contribution in [-0.2, 0) is 12.8 Å². The Balaban J connectivity index is 0.000000570. The van der Waals surface area contributed by atoms with Crippen molar-refractivity contribution in [2.24, 2.45) is 23.7 Å². The Hall–Kier alpha value is -3.19. The van der Waals surface area contributed by atoms with Crippen molar-refractivity contribution in [1.82, 2.24) is 0 Å². The highest BCUT2D eigenvalue weighted by atomic mass is 19.1. The SMILES string of the molecule is C.CC(C)C(C)c1ccccc1.CC(C)Cc1ccc(F)cc1.CC(C)Cc1ccccc1.Cc1ccc(C(C)C(C)C)cc1. The van der Waals surface area contributed by atoms with Crippen LogP contribution in [0.5, 0.6) is 0 Å². The smallest absolute Gasteiger partial charge is 0.123 e. The first kappa shape index (κ1) is 41.8. The summed E-state index contributed by atoms with van der Waals surface area (Å²) in [5.41, 5.74) is 6.90. The molecule has 0 fully saturated rings. The van der Waals surface area contributed by atoms with Gasteiger partial charge in [0, 0.05) is 0 Å². The van der Waals surface area contributed by atoms with Gasteiger partial charge in [0.2, 0.25) is 0 Å². The minimum absolute atomic E-state index is 0. The Bertz CT molecular complexity index is 1220. The van der Waals surface area contributed by atoms with E-state index in [0.717, 1.165) is 24.2 Å². The van der Waals surface area contributed by atoms with Crippen molar-refractivity contribution in [3.63, 3.8) is 0 Å². The predicted molar refractivity (Wildman–Crippen MR) is 201 cm³/mol. The van der Waals surface area contributed by atoms with Gasteiger partial charge in [0.05, 0.1) is 0 Å². The van der Waals surface area contributed by atoms with E-state index in [1.54, 1.807) is 0 Å². The Morgan fingerprint density at radius 3 is 1.18 bits per heavy atom. The van der Waals surface area contributed by atoms with E-state index >= 15 is 0 Å². The molecule has 45 heavy (non-hydrogen) atoms. The first-order valence-corrected chi connectivity index (χ1v) is 16.7. The molecule has 0 aliphatic heterocycles. The average Bonchev–Trinajstić information content (AvgIpc) is 2.99. The highest BCUT2D eigenvalue weighted by Crippen LogP contribution is 2.24. The topological polar surface area (TPSA) is 0 Å². The molecule has 4 rings (SSSR count). The molecule has 4 aromatic carbocycles. The molecule has 248 valence electrons. The quantitative estimate of drug-likeness (QED) is 0.186. The van der Waals surface area contributed by atoms with Gasteiger partial charge in [0.15, 0.2) is 0 Å². The fourth-order valence-electron chi connectivity index (χ4n) is 4.57. The number of rotatable bonds is 8. The summed E-state index contributed by atoms with van der Waals surface area (Å²) in [6.45, 7) is 24.6. The first-order chi connectivity index (χ1) is 20.8. The van der Waals surface area contributed by atoms with Crippen LogP contribution in [0.15, 0.2) is 109 Å². The number of halogens is 1. The van der Waals surface area contributed by atoms with Crippen LogP contribution in [-0.4, -0.2) is 0 Å². The van der Waals surface area contributed by atoms with Gasteiger partial charge in [0.25, 0.3) is 0 Å². The lowest BCUT2D eigenvalue weighted by molar-refractivity contribution is 0.535. The molecule has 0 radical (unpaired) electrons. The second-order valence-corrected chi connectivity index (χ2v) is 13.7. The lowest BCUT2D eigenvalue weighted by Gasteiger charge is -2.15. The van der Waals surface area contributed by atoms with Gasteiger partial charge in [-0.15, -0.1) is 0 Å².